The number of nitrogens with one attached hydrogen (secondary N) is 3. The lowest BCUT2D eigenvalue weighted by Crippen LogP contribution is -2.32. The van der Waals surface area contributed by atoms with E-state index in [1.54, 1.807) is 23.2 Å². The van der Waals surface area contributed by atoms with Gasteiger partial charge in [0.2, 0.25) is 5.95 Å². The fourth-order valence-corrected chi connectivity index (χ4v) is 3.77. The molecule has 3 N–H and O–H groups in total. The Hall–Kier alpha value is -3.73. The molecule has 1 saturated heterocycles. The number of benzene rings is 2. The van der Waals surface area contributed by atoms with Crippen LogP contribution in [-0.4, -0.2) is 38.9 Å². The summed E-state index contributed by atoms with van der Waals surface area (Å²) in [5.74, 6) is 0.903. The summed E-state index contributed by atoms with van der Waals surface area (Å²) in [5.41, 5.74) is 2.19. The molecular weight excluding hydrogens is 490 g/mol. The number of likely N-dealkylation sites (tertiary alicyclic amines) is 1. The van der Waals surface area contributed by atoms with Crippen LogP contribution >= 0.6 is 15.9 Å². The van der Waals surface area contributed by atoms with Crippen LogP contribution < -0.4 is 16.0 Å². The molecule has 0 aliphatic carbocycles. The van der Waals surface area contributed by atoms with Crippen LogP contribution in [0.4, 0.5) is 33.6 Å². The lowest BCUT2D eigenvalue weighted by Gasteiger charge is -2.16. The zero-order valence-corrected chi connectivity index (χ0v) is 19.2. The number of carbonyl (C=O) groups excluding carboxylic acids is 1. The summed E-state index contributed by atoms with van der Waals surface area (Å²) < 4.78 is 0.658. The van der Waals surface area contributed by atoms with Gasteiger partial charge >= 0.3 is 6.03 Å². The molecule has 0 spiro atoms. The van der Waals surface area contributed by atoms with E-state index in [-0.39, 0.29) is 11.7 Å². The van der Waals surface area contributed by atoms with Gasteiger partial charge in [-0.3, -0.25) is 10.1 Å². The summed E-state index contributed by atoms with van der Waals surface area (Å²) in [6.07, 6.45) is 3.69. The molecule has 1 aliphatic heterocycles. The van der Waals surface area contributed by atoms with E-state index >= 15 is 0 Å². The fourth-order valence-electron chi connectivity index (χ4n) is 3.44. The standard InChI is InChI=1S/C22H22BrN7O3/c23-19-14-25-21(28-20(19)24-13-15-5-3-8-18(11-15)30(32)33)26-16-6-4-7-17(12-16)27-22(31)29-9-1-2-10-29/h3-8,11-12,14H,1-2,9-10,13H2,(H,27,31)(H2,24,25,26,28). The largest absolute Gasteiger partial charge is 0.365 e. The molecule has 2 amide bonds. The number of rotatable bonds is 7. The molecule has 1 fully saturated rings. The van der Waals surface area contributed by atoms with Crippen molar-refractivity contribution in [1.82, 2.24) is 14.9 Å². The van der Waals surface area contributed by atoms with Crippen molar-refractivity contribution in [2.24, 2.45) is 0 Å². The van der Waals surface area contributed by atoms with Crippen LogP contribution in [0.2, 0.25) is 0 Å². The first-order valence-electron chi connectivity index (χ1n) is 10.4. The van der Waals surface area contributed by atoms with Gasteiger partial charge in [-0.1, -0.05) is 18.2 Å². The number of carbonyl (C=O) groups is 1. The molecule has 2 aromatic carbocycles. The van der Waals surface area contributed by atoms with Crippen molar-refractivity contribution < 1.29 is 9.72 Å². The topological polar surface area (TPSA) is 125 Å². The molecule has 0 radical (unpaired) electrons. The Labute approximate surface area is 198 Å². The predicted octanol–water partition coefficient (Wildman–Crippen LogP) is 5.13. The van der Waals surface area contributed by atoms with Crippen molar-refractivity contribution in [3.63, 3.8) is 0 Å². The van der Waals surface area contributed by atoms with Gasteiger partial charge in [0.1, 0.15) is 5.82 Å². The third-order valence-corrected chi connectivity index (χ3v) is 5.67. The second-order valence-electron chi connectivity index (χ2n) is 7.50. The van der Waals surface area contributed by atoms with Crippen molar-refractivity contribution in [3.8, 4) is 0 Å². The highest BCUT2D eigenvalue weighted by molar-refractivity contribution is 9.10. The summed E-state index contributed by atoms with van der Waals surface area (Å²) in [4.78, 5) is 33.5. The van der Waals surface area contributed by atoms with Crippen molar-refractivity contribution in [1.29, 1.82) is 0 Å². The number of non-ortho nitro benzene ring substituents is 1. The van der Waals surface area contributed by atoms with Crippen LogP contribution in [0.5, 0.6) is 0 Å². The maximum absolute atomic E-state index is 12.3. The van der Waals surface area contributed by atoms with E-state index in [2.05, 4.69) is 41.8 Å². The second-order valence-corrected chi connectivity index (χ2v) is 8.36. The van der Waals surface area contributed by atoms with E-state index in [1.165, 1.54) is 12.1 Å². The van der Waals surface area contributed by atoms with E-state index in [0.29, 0.717) is 28.5 Å². The molecule has 0 atom stereocenters. The molecule has 33 heavy (non-hydrogen) atoms. The minimum atomic E-state index is -0.423. The molecule has 170 valence electrons. The molecule has 2 heterocycles. The predicted molar refractivity (Wildman–Crippen MR) is 130 cm³/mol. The van der Waals surface area contributed by atoms with Gasteiger partial charge in [-0.05, 0) is 52.5 Å². The third-order valence-electron chi connectivity index (χ3n) is 5.09. The molecule has 0 bridgehead atoms. The van der Waals surface area contributed by atoms with Gasteiger partial charge in [0.15, 0.2) is 0 Å². The first kappa shape index (κ1) is 22.5. The Kier molecular flexibility index (Phi) is 6.98. The molecule has 0 unspecified atom stereocenters. The third kappa shape index (κ3) is 5.95. The van der Waals surface area contributed by atoms with Crippen LogP contribution in [0.25, 0.3) is 0 Å². The minimum Gasteiger partial charge on any atom is -0.365 e. The summed E-state index contributed by atoms with van der Waals surface area (Å²) >= 11 is 3.42. The average Bonchev–Trinajstić information content (AvgIpc) is 3.35. The van der Waals surface area contributed by atoms with Crippen molar-refractivity contribution >= 4 is 50.8 Å². The quantitative estimate of drug-likeness (QED) is 0.296. The highest BCUT2D eigenvalue weighted by Crippen LogP contribution is 2.24. The lowest BCUT2D eigenvalue weighted by molar-refractivity contribution is -0.384. The number of nitrogens with zero attached hydrogens (tertiary/aromatic N) is 4. The van der Waals surface area contributed by atoms with Crippen LogP contribution in [-0.2, 0) is 6.54 Å². The van der Waals surface area contributed by atoms with Gasteiger partial charge in [-0.15, -0.1) is 0 Å². The number of hydrogen-bond acceptors (Lipinski definition) is 7. The number of halogens is 1. The summed E-state index contributed by atoms with van der Waals surface area (Å²) in [5, 5.41) is 20.2. The van der Waals surface area contributed by atoms with Crippen LogP contribution in [0, 0.1) is 10.1 Å². The second kappa shape index (κ2) is 10.3. The molecular formula is C22H22BrN7O3. The molecule has 1 aliphatic rings. The monoisotopic (exact) mass is 511 g/mol. The van der Waals surface area contributed by atoms with E-state index in [4.69, 9.17) is 0 Å². The van der Waals surface area contributed by atoms with Crippen molar-refractivity contribution in [3.05, 3.63) is 74.9 Å². The Morgan fingerprint density at radius 2 is 1.88 bits per heavy atom. The SMILES string of the molecule is O=C(Nc1cccc(Nc2ncc(Br)c(NCc3cccc([N+](=O)[O-])c3)n2)c1)N1CCCC1. The van der Waals surface area contributed by atoms with E-state index in [9.17, 15) is 14.9 Å². The Morgan fingerprint density at radius 1 is 1.12 bits per heavy atom. The smallest absolute Gasteiger partial charge is 0.321 e. The lowest BCUT2D eigenvalue weighted by atomic mass is 10.2. The number of aromatic nitrogens is 2. The Morgan fingerprint density at radius 3 is 2.67 bits per heavy atom. The van der Waals surface area contributed by atoms with E-state index in [1.807, 2.05) is 24.3 Å². The summed E-state index contributed by atoms with van der Waals surface area (Å²) in [6, 6.07) is 13.6. The number of amides is 2. The summed E-state index contributed by atoms with van der Waals surface area (Å²) in [7, 11) is 0. The van der Waals surface area contributed by atoms with Crippen molar-refractivity contribution in [2.75, 3.05) is 29.0 Å². The maximum atomic E-state index is 12.3. The van der Waals surface area contributed by atoms with Gasteiger partial charge in [0, 0.05) is 49.3 Å². The Balaban J connectivity index is 1.42. The Bertz CT molecular complexity index is 1170. The van der Waals surface area contributed by atoms with Gasteiger partial charge in [0.25, 0.3) is 5.69 Å². The van der Waals surface area contributed by atoms with Gasteiger partial charge in [-0.25, -0.2) is 9.78 Å². The zero-order valence-electron chi connectivity index (χ0n) is 17.6. The average molecular weight is 512 g/mol. The molecule has 4 rings (SSSR count). The van der Waals surface area contributed by atoms with Crippen LogP contribution in [0.3, 0.4) is 0 Å². The highest BCUT2D eigenvalue weighted by Gasteiger charge is 2.17. The number of hydrogen-bond donors (Lipinski definition) is 3. The van der Waals surface area contributed by atoms with E-state index < -0.39 is 4.92 Å². The molecule has 1 aromatic heterocycles. The van der Waals surface area contributed by atoms with E-state index in [0.717, 1.165) is 37.2 Å². The number of nitro benzene ring substituents is 1. The fraction of sp³-hybridized carbons (Fsp3) is 0.227. The van der Waals surface area contributed by atoms with Crippen molar-refractivity contribution in [2.45, 2.75) is 19.4 Å². The number of anilines is 4. The van der Waals surface area contributed by atoms with Gasteiger partial charge < -0.3 is 20.9 Å². The molecule has 3 aromatic rings. The maximum Gasteiger partial charge on any atom is 0.321 e. The normalized spacial score (nSPS) is 12.9. The number of nitro groups is 1. The zero-order chi connectivity index (χ0) is 23.2. The number of urea groups is 1. The minimum absolute atomic E-state index is 0.0371. The highest BCUT2D eigenvalue weighted by atomic mass is 79.9. The van der Waals surface area contributed by atoms with Gasteiger partial charge in [0.05, 0.1) is 9.40 Å². The summed E-state index contributed by atoms with van der Waals surface area (Å²) in [6.45, 7) is 1.92. The first-order chi connectivity index (χ1) is 16.0. The van der Waals surface area contributed by atoms with Crippen LogP contribution in [0.1, 0.15) is 18.4 Å². The molecule has 0 saturated carbocycles. The molecule has 11 heteroatoms. The van der Waals surface area contributed by atoms with Gasteiger partial charge in [-0.2, -0.15) is 4.98 Å². The van der Waals surface area contributed by atoms with Crippen LogP contribution in [0.15, 0.2) is 59.2 Å². The molecule has 10 nitrogen and oxygen atoms in total. The first-order valence-corrected chi connectivity index (χ1v) is 11.2.